The first kappa shape index (κ1) is 20.5. The smallest absolute Gasteiger partial charge is 0.242 e. The second kappa shape index (κ2) is 9.28. The van der Waals surface area contributed by atoms with Gasteiger partial charge in [-0.15, -0.1) is 6.58 Å². The van der Waals surface area contributed by atoms with Gasteiger partial charge in [-0.05, 0) is 36.4 Å². The Kier molecular flexibility index (Phi) is 6.78. The van der Waals surface area contributed by atoms with E-state index >= 15 is 0 Å². The number of halogens is 2. The summed E-state index contributed by atoms with van der Waals surface area (Å²) in [6, 6.07) is 13.9. The summed E-state index contributed by atoms with van der Waals surface area (Å²) in [5.41, 5.74) is 1.23. The molecule has 0 saturated carbocycles. The van der Waals surface area contributed by atoms with Crippen molar-refractivity contribution in [3.63, 3.8) is 0 Å². The number of carbonyl (C=O) groups is 2. The van der Waals surface area contributed by atoms with Crippen LogP contribution in [0.3, 0.4) is 0 Å². The maximum absolute atomic E-state index is 12.8. The maximum Gasteiger partial charge on any atom is 0.242 e. The average molecular weight is 434 g/mol. The van der Waals surface area contributed by atoms with Gasteiger partial charge < -0.3 is 5.32 Å². The third-order valence-electron chi connectivity index (χ3n) is 3.84. The molecule has 1 fully saturated rings. The molecule has 0 unspecified atom stereocenters. The third kappa shape index (κ3) is 5.16. The van der Waals surface area contributed by atoms with Gasteiger partial charge in [0.2, 0.25) is 11.8 Å². The maximum atomic E-state index is 12.8. The molecule has 1 aliphatic heterocycles. The molecule has 0 radical (unpaired) electrons. The zero-order chi connectivity index (χ0) is 20.1. The molecule has 2 aromatic rings. The number of anilines is 1. The van der Waals surface area contributed by atoms with Crippen LogP contribution in [0, 0.1) is 0 Å². The van der Waals surface area contributed by atoms with Gasteiger partial charge in [-0.2, -0.15) is 0 Å². The van der Waals surface area contributed by atoms with Gasteiger partial charge in [0.25, 0.3) is 0 Å². The van der Waals surface area contributed by atoms with Gasteiger partial charge in [-0.25, -0.2) is 4.99 Å². The van der Waals surface area contributed by atoms with E-state index in [9.17, 15) is 9.59 Å². The van der Waals surface area contributed by atoms with Crippen molar-refractivity contribution in [3.8, 4) is 0 Å². The van der Waals surface area contributed by atoms with Gasteiger partial charge in [0.15, 0.2) is 5.17 Å². The molecule has 8 heteroatoms. The number of hydrogen-bond acceptors (Lipinski definition) is 4. The number of nitrogens with one attached hydrogen (secondary N) is 1. The minimum Gasteiger partial charge on any atom is -0.326 e. The summed E-state index contributed by atoms with van der Waals surface area (Å²) in [6.07, 6.45) is 1.65. The summed E-state index contributed by atoms with van der Waals surface area (Å²) in [6.45, 7) is 4.01. The van der Waals surface area contributed by atoms with Gasteiger partial charge in [0, 0.05) is 28.7 Å². The molecule has 5 nitrogen and oxygen atoms in total. The second-order valence-corrected chi connectivity index (χ2v) is 8.02. The Hall–Kier alpha value is -2.28. The molecule has 0 bridgehead atoms. The van der Waals surface area contributed by atoms with E-state index in [1.807, 2.05) is 0 Å². The van der Waals surface area contributed by atoms with Crippen molar-refractivity contribution in [2.45, 2.75) is 11.7 Å². The van der Waals surface area contributed by atoms with Gasteiger partial charge >= 0.3 is 0 Å². The Morgan fingerprint density at radius 2 is 1.93 bits per heavy atom. The van der Waals surface area contributed by atoms with Crippen LogP contribution in [0.15, 0.2) is 66.2 Å². The van der Waals surface area contributed by atoms with E-state index in [0.717, 1.165) is 0 Å². The Labute approximate surface area is 177 Å². The largest absolute Gasteiger partial charge is 0.326 e. The summed E-state index contributed by atoms with van der Waals surface area (Å²) in [4.78, 5) is 31.2. The summed E-state index contributed by atoms with van der Waals surface area (Å²) >= 11 is 13.2. The first-order valence-corrected chi connectivity index (χ1v) is 10.1. The molecule has 144 valence electrons. The fourth-order valence-corrected chi connectivity index (χ4v) is 4.17. The highest BCUT2D eigenvalue weighted by molar-refractivity contribution is 8.15. The first-order valence-electron chi connectivity index (χ1n) is 8.45. The van der Waals surface area contributed by atoms with Crippen LogP contribution in [-0.4, -0.2) is 33.7 Å². The van der Waals surface area contributed by atoms with Crippen LogP contribution in [0.25, 0.3) is 0 Å². The van der Waals surface area contributed by atoms with Crippen LogP contribution in [0.5, 0.6) is 0 Å². The molecule has 3 rings (SSSR count). The molecule has 0 spiro atoms. The van der Waals surface area contributed by atoms with Crippen LogP contribution in [-0.2, 0) is 9.59 Å². The first-order chi connectivity index (χ1) is 13.5. The van der Waals surface area contributed by atoms with Gasteiger partial charge in [0.1, 0.15) is 5.25 Å². The Balaban J connectivity index is 1.74. The topological polar surface area (TPSA) is 61.8 Å². The fraction of sp³-hybridized carbons (Fsp3) is 0.150. The van der Waals surface area contributed by atoms with Crippen LogP contribution in [0.1, 0.15) is 6.42 Å². The van der Waals surface area contributed by atoms with Crippen LogP contribution < -0.4 is 5.32 Å². The highest BCUT2D eigenvalue weighted by Gasteiger charge is 2.38. The van der Waals surface area contributed by atoms with Crippen molar-refractivity contribution >= 4 is 63.3 Å². The molecule has 0 aromatic heterocycles. The zero-order valence-electron chi connectivity index (χ0n) is 14.8. The van der Waals surface area contributed by atoms with Crippen molar-refractivity contribution in [2.24, 2.45) is 4.99 Å². The minimum atomic E-state index is -0.558. The fourth-order valence-electron chi connectivity index (χ4n) is 2.62. The van der Waals surface area contributed by atoms with Crippen LogP contribution in [0.4, 0.5) is 11.4 Å². The zero-order valence-corrected chi connectivity index (χ0v) is 17.1. The number of benzene rings is 2. The molecule has 1 heterocycles. The normalized spacial score (nSPS) is 17.8. The van der Waals surface area contributed by atoms with Crippen LogP contribution in [0.2, 0.25) is 10.0 Å². The summed E-state index contributed by atoms with van der Waals surface area (Å²) in [5.74, 6) is -0.442. The van der Waals surface area contributed by atoms with Gasteiger partial charge in [-0.1, -0.05) is 53.2 Å². The highest BCUT2D eigenvalue weighted by Crippen LogP contribution is 2.32. The molecule has 28 heavy (non-hydrogen) atoms. The molecule has 2 aromatic carbocycles. The number of thioether (sulfide) groups is 1. The Morgan fingerprint density at radius 1 is 1.21 bits per heavy atom. The molecule has 1 N–H and O–H groups in total. The molecule has 0 aliphatic carbocycles. The third-order valence-corrected chi connectivity index (χ3v) is 5.49. The van der Waals surface area contributed by atoms with E-state index < -0.39 is 5.25 Å². The van der Waals surface area contributed by atoms with E-state index in [4.69, 9.17) is 23.2 Å². The monoisotopic (exact) mass is 433 g/mol. The van der Waals surface area contributed by atoms with E-state index in [1.54, 1.807) is 54.6 Å². The standard InChI is InChI=1S/C20H17Cl2N3O2S/c1-2-9-25-19(27)17(12-18(26)23-15-7-3-5-13(21)10-15)28-20(25)24-16-8-4-6-14(22)11-16/h2-8,10-11,17H,1,9,12H2,(H,23,26)/t17-/m1/s1. The Morgan fingerprint density at radius 3 is 2.61 bits per heavy atom. The highest BCUT2D eigenvalue weighted by atomic mass is 35.5. The molecule has 1 saturated heterocycles. The van der Waals surface area contributed by atoms with Gasteiger partial charge in [-0.3, -0.25) is 14.5 Å². The minimum absolute atomic E-state index is 0.0260. The predicted octanol–water partition coefficient (Wildman–Crippen LogP) is 5.14. The van der Waals surface area contributed by atoms with Crippen molar-refractivity contribution in [1.29, 1.82) is 0 Å². The van der Waals surface area contributed by atoms with Crippen molar-refractivity contribution in [3.05, 3.63) is 71.2 Å². The van der Waals surface area contributed by atoms with E-state index in [-0.39, 0.29) is 18.2 Å². The number of amidine groups is 1. The molecule has 1 atom stereocenters. The number of nitrogens with zero attached hydrogens (tertiary/aromatic N) is 2. The molecule has 2 amide bonds. The lowest BCUT2D eigenvalue weighted by atomic mass is 10.2. The van der Waals surface area contributed by atoms with Gasteiger partial charge in [0.05, 0.1) is 5.69 Å². The summed E-state index contributed by atoms with van der Waals surface area (Å²) < 4.78 is 0. The van der Waals surface area contributed by atoms with Crippen molar-refractivity contribution in [2.75, 3.05) is 11.9 Å². The van der Waals surface area contributed by atoms with E-state index in [2.05, 4.69) is 16.9 Å². The SMILES string of the molecule is C=CCN1C(=O)[C@@H](CC(=O)Nc2cccc(Cl)c2)SC1=Nc1cccc(Cl)c1. The summed E-state index contributed by atoms with van der Waals surface area (Å²) in [7, 11) is 0. The molecular formula is C20H17Cl2N3O2S. The van der Waals surface area contributed by atoms with E-state index in [1.165, 1.54) is 16.7 Å². The quantitative estimate of drug-likeness (QED) is 0.641. The number of amides is 2. The summed E-state index contributed by atoms with van der Waals surface area (Å²) in [5, 5.41) is 3.81. The lowest BCUT2D eigenvalue weighted by Crippen LogP contribution is -2.33. The average Bonchev–Trinajstić information content (AvgIpc) is 2.91. The molecule has 1 aliphatic rings. The number of aliphatic imine (C=N–C) groups is 1. The number of rotatable bonds is 6. The predicted molar refractivity (Wildman–Crippen MR) is 117 cm³/mol. The lowest BCUT2D eigenvalue weighted by Gasteiger charge is -2.13. The van der Waals surface area contributed by atoms with E-state index in [0.29, 0.717) is 33.1 Å². The number of hydrogen-bond donors (Lipinski definition) is 1. The van der Waals surface area contributed by atoms with Crippen LogP contribution >= 0.6 is 35.0 Å². The second-order valence-electron chi connectivity index (χ2n) is 5.98. The lowest BCUT2D eigenvalue weighted by molar-refractivity contribution is -0.127. The van der Waals surface area contributed by atoms with Crippen molar-refractivity contribution < 1.29 is 9.59 Å². The Bertz CT molecular complexity index is 949. The van der Waals surface area contributed by atoms with Crippen molar-refractivity contribution in [1.82, 2.24) is 4.90 Å². The number of carbonyl (C=O) groups excluding carboxylic acids is 2. The molecular weight excluding hydrogens is 417 g/mol.